The van der Waals surface area contributed by atoms with E-state index in [1.54, 1.807) is 0 Å². The molecule has 0 aromatic heterocycles. The third-order valence-corrected chi connectivity index (χ3v) is 3.93. The van der Waals surface area contributed by atoms with Gasteiger partial charge in [-0.15, -0.1) is 0 Å². The average Bonchev–Trinajstić information content (AvgIpc) is 2.57. The van der Waals surface area contributed by atoms with Crippen LogP contribution in [0, 0.1) is 5.82 Å². The first-order valence-corrected chi connectivity index (χ1v) is 8.21. The fourth-order valence-electron chi connectivity index (χ4n) is 2.60. The largest absolute Gasteiger partial charge is 0.486 e. The molecule has 0 bridgehead atoms. The Balaban J connectivity index is 1.58. The quantitative estimate of drug-likeness (QED) is 0.884. The molecule has 2 aromatic rings. The Hall–Kier alpha value is -2.31. The van der Waals surface area contributed by atoms with Gasteiger partial charge >= 0.3 is 0 Å². The number of ether oxygens (including phenoxy) is 2. The number of halogens is 2. The summed E-state index contributed by atoms with van der Waals surface area (Å²) < 4.78 is 23.9. The number of carbonyl (C=O) groups excluding carboxylic acids is 1. The van der Waals surface area contributed by atoms with Crippen LogP contribution < -0.4 is 14.8 Å². The number of benzene rings is 2. The number of nitrogens with one attached hydrogen (secondary N) is 1. The van der Waals surface area contributed by atoms with Crippen molar-refractivity contribution in [2.75, 3.05) is 32.1 Å². The molecule has 0 fully saturated rings. The van der Waals surface area contributed by atoms with Gasteiger partial charge in [0.15, 0.2) is 11.5 Å². The average molecular weight is 365 g/mol. The van der Waals surface area contributed by atoms with Crippen LogP contribution in [0.25, 0.3) is 0 Å². The Morgan fingerprint density at radius 2 is 1.96 bits per heavy atom. The highest BCUT2D eigenvalue weighted by Crippen LogP contribution is 2.38. The van der Waals surface area contributed by atoms with E-state index in [4.69, 9.17) is 21.1 Å². The number of fused-ring (bicyclic) bond motifs is 1. The first-order valence-electron chi connectivity index (χ1n) is 7.83. The Labute approximate surface area is 150 Å². The van der Waals surface area contributed by atoms with Crippen LogP contribution in [0.3, 0.4) is 0 Å². The van der Waals surface area contributed by atoms with Crippen molar-refractivity contribution < 1.29 is 18.7 Å². The molecule has 5 nitrogen and oxygen atoms in total. The lowest BCUT2D eigenvalue weighted by Crippen LogP contribution is -2.29. The second-order valence-electron chi connectivity index (χ2n) is 5.83. The van der Waals surface area contributed by atoms with Gasteiger partial charge in [-0.2, -0.15) is 0 Å². The third kappa shape index (κ3) is 4.61. The van der Waals surface area contributed by atoms with Crippen LogP contribution in [0.2, 0.25) is 5.02 Å². The van der Waals surface area contributed by atoms with Gasteiger partial charge in [0, 0.05) is 12.2 Å². The number of rotatable bonds is 5. The van der Waals surface area contributed by atoms with E-state index >= 15 is 0 Å². The van der Waals surface area contributed by atoms with Crippen LogP contribution in [-0.4, -0.2) is 37.6 Å². The van der Waals surface area contributed by atoms with E-state index in [0.717, 1.165) is 5.56 Å². The van der Waals surface area contributed by atoms with Gasteiger partial charge in [-0.05, 0) is 49.0 Å². The lowest BCUT2D eigenvalue weighted by Gasteiger charge is -2.22. The number of amides is 1. The van der Waals surface area contributed by atoms with Crippen molar-refractivity contribution in [1.29, 1.82) is 0 Å². The molecular weight excluding hydrogens is 347 g/mol. The van der Waals surface area contributed by atoms with Crippen LogP contribution in [0.1, 0.15) is 5.56 Å². The number of likely N-dealkylation sites (N-methyl/N-ethyl adjacent to an activating group) is 1. The lowest BCUT2D eigenvalue weighted by molar-refractivity contribution is -0.117. The molecule has 1 N–H and O–H groups in total. The minimum atomic E-state index is -0.342. The predicted molar refractivity (Wildman–Crippen MR) is 93.8 cm³/mol. The third-order valence-electron chi connectivity index (χ3n) is 3.65. The van der Waals surface area contributed by atoms with Crippen molar-refractivity contribution in [2.24, 2.45) is 0 Å². The molecule has 0 saturated heterocycles. The van der Waals surface area contributed by atoms with E-state index < -0.39 is 0 Å². The summed E-state index contributed by atoms with van der Waals surface area (Å²) in [5.41, 5.74) is 1.48. The Kier molecular flexibility index (Phi) is 5.40. The molecule has 0 aliphatic carbocycles. The summed E-state index contributed by atoms with van der Waals surface area (Å²) in [6.45, 7) is 1.68. The normalized spacial score (nSPS) is 13.0. The van der Waals surface area contributed by atoms with Gasteiger partial charge in [-0.3, -0.25) is 9.69 Å². The standard InChI is InChI=1S/C18H18ClFN2O3/c1-22(11-17(23)21-14-4-2-13(20)3-5-14)10-12-8-15(19)18-16(9-12)24-6-7-25-18/h2-5,8-9H,6-7,10-11H2,1H3,(H,21,23). The zero-order valence-corrected chi connectivity index (χ0v) is 14.5. The van der Waals surface area contributed by atoms with Crippen LogP contribution in [0.4, 0.5) is 10.1 Å². The van der Waals surface area contributed by atoms with Crippen LogP contribution >= 0.6 is 11.6 Å². The van der Waals surface area contributed by atoms with Gasteiger partial charge in [0.05, 0.1) is 11.6 Å². The van der Waals surface area contributed by atoms with Crippen molar-refractivity contribution in [3.8, 4) is 11.5 Å². The molecule has 0 radical (unpaired) electrons. The van der Waals surface area contributed by atoms with Crippen molar-refractivity contribution in [1.82, 2.24) is 4.90 Å². The first kappa shape index (κ1) is 17.5. The van der Waals surface area contributed by atoms with Crippen molar-refractivity contribution in [3.05, 3.63) is 52.8 Å². The predicted octanol–water partition coefficient (Wildman–Crippen LogP) is 3.32. The second kappa shape index (κ2) is 7.72. The molecule has 0 spiro atoms. The van der Waals surface area contributed by atoms with Crippen LogP contribution in [-0.2, 0) is 11.3 Å². The van der Waals surface area contributed by atoms with E-state index in [2.05, 4.69) is 5.32 Å². The van der Waals surface area contributed by atoms with Gasteiger partial charge in [-0.1, -0.05) is 11.6 Å². The number of hydrogen-bond acceptors (Lipinski definition) is 4. The molecule has 3 rings (SSSR count). The summed E-state index contributed by atoms with van der Waals surface area (Å²) in [4.78, 5) is 13.9. The number of anilines is 1. The molecule has 1 heterocycles. The van der Waals surface area contributed by atoms with E-state index in [9.17, 15) is 9.18 Å². The summed E-state index contributed by atoms with van der Waals surface area (Å²) in [5.74, 6) is 0.662. The highest BCUT2D eigenvalue weighted by atomic mass is 35.5. The highest BCUT2D eigenvalue weighted by molar-refractivity contribution is 6.32. The Morgan fingerprint density at radius 1 is 1.24 bits per heavy atom. The fourth-order valence-corrected chi connectivity index (χ4v) is 2.89. The Morgan fingerprint density at radius 3 is 2.72 bits per heavy atom. The van der Waals surface area contributed by atoms with Crippen molar-refractivity contribution in [3.63, 3.8) is 0 Å². The summed E-state index contributed by atoms with van der Waals surface area (Å²) in [7, 11) is 1.83. The van der Waals surface area contributed by atoms with Gasteiger partial charge < -0.3 is 14.8 Å². The van der Waals surface area contributed by atoms with E-state index in [-0.39, 0.29) is 18.3 Å². The zero-order valence-electron chi connectivity index (χ0n) is 13.7. The van der Waals surface area contributed by atoms with Crippen LogP contribution in [0.15, 0.2) is 36.4 Å². The summed E-state index contributed by atoms with van der Waals surface area (Å²) in [5, 5.41) is 3.23. The molecule has 132 valence electrons. The summed E-state index contributed by atoms with van der Waals surface area (Å²) in [6.07, 6.45) is 0. The van der Waals surface area contributed by atoms with E-state index in [1.165, 1.54) is 24.3 Å². The van der Waals surface area contributed by atoms with Gasteiger partial charge in [0.1, 0.15) is 19.0 Å². The lowest BCUT2D eigenvalue weighted by atomic mass is 10.2. The number of carbonyl (C=O) groups is 1. The Bertz CT molecular complexity index is 768. The topological polar surface area (TPSA) is 50.8 Å². The molecule has 2 aromatic carbocycles. The molecule has 1 aliphatic heterocycles. The number of nitrogens with zero attached hydrogens (tertiary/aromatic N) is 1. The van der Waals surface area contributed by atoms with E-state index in [1.807, 2.05) is 24.1 Å². The second-order valence-corrected chi connectivity index (χ2v) is 6.24. The minimum absolute atomic E-state index is 0.183. The maximum atomic E-state index is 12.9. The molecule has 25 heavy (non-hydrogen) atoms. The molecule has 1 aliphatic rings. The maximum absolute atomic E-state index is 12.9. The van der Waals surface area contributed by atoms with Crippen molar-refractivity contribution >= 4 is 23.2 Å². The molecule has 0 atom stereocenters. The summed E-state index contributed by atoms with van der Waals surface area (Å²) in [6, 6.07) is 9.33. The van der Waals surface area contributed by atoms with E-state index in [0.29, 0.717) is 42.0 Å². The fraction of sp³-hybridized carbons (Fsp3) is 0.278. The molecule has 7 heteroatoms. The van der Waals surface area contributed by atoms with Crippen molar-refractivity contribution in [2.45, 2.75) is 6.54 Å². The van der Waals surface area contributed by atoms with Gasteiger partial charge in [-0.25, -0.2) is 4.39 Å². The monoisotopic (exact) mass is 364 g/mol. The molecule has 0 unspecified atom stereocenters. The first-order chi connectivity index (χ1) is 12.0. The summed E-state index contributed by atoms with van der Waals surface area (Å²) >= 11 is 6.22. The van der Waals surface area contributed by atoms with Crippen LogP contribution in [0.5, 0.6) is 11.5 Å². The molecular formula is C18H18ClFN2O3. The highest BCUT2D eigenvalue weighted by Gasteiger charge is 2.17. The maximum Gasteiger partial charge on any atom is 0.238 e. The smallest absolute Gasteiger partial charge is 0.238 e. The number of hydrogen-bond donors (Lipinski definition) is 1. The van der Waals surface area contributed by atoms with Gasteiger partial charge in [0.25, 0.3) is 0 Å². The molecule has 1 amide bonds. The molecule has 0 saturated carbocycles. The minimum Gasteiger partial charge on any atom is -0.486 e. The zero-order chi connectivity index (χ0) is 17.8. The van der Waals surface area contributed by atoms with Gasteiger partial charge in [0.2, 0.25) is 5.91 Å². The SMILES string of the molecule is CN(CC(=O)Nc1ccc(F)cc1)Cc1cc(Cl)c2c(c1)OCCO2.